The van der Waals surface area contributed by atoms with Crippen molar-refractivity contribution in [2.75, 3.05) is 12.3 Å². The van der Waals surface area contributed by atoms with Crippen LogP contribution in [0.2, 0.25) is 10.0 Å². The van der Waals surface area contributed by atoms with Gasteiger partial charge in [0.25, 0.3) is 0 Å². The van der Waals surface area contributed by atoms with E-state index in [-0.39, 0.29) is 18.0 Å². The molecule has 5 nitrogen and oxygen atoms in total. The predicted octanol–water partition coefficient (Wildman–Crippen LogP) is 3.13. The first kappa shape index (κ1) is 18.7. The Morgan fingerprint density at radius 3 is 2.38 bits per heavy atom. The molecule has 0 unspecified atom stereocenters. The average Bonchev–Trinajstić information content (AvgIpc) is 2.48. The molecule has 0 aliphatic carbocycles. The standard InChI is InChI=1S/C16H16Cl2N2O3S/c1-10-8-13(18)9-14(16(10)21)15(20-6-7-24(19,22)23)11-2-4-12(17)5-3-11/h2-5,8-9,21H,6-7H2,1H3,(H2,19,22,23)/b20-15+. The van der Waals surface area contributed by atoms with Crippen molar-refractivity contribution in [3.8, 4) is 5.75 Å². The number of nitrogens with zero attached hydrogens (tertiary/aromatic N) is 1. The third-order valence-corrected chi connectivity index (χ3v) is 4.51. The molecule has 3 N–H and O–H groups in total. The minimum Gasteiger partial charge on any atom is -0.507 e. The van der Waals surface area contributed by atoms with E-state index in [1.54, 1.807) is 43.3 Å². The van der Waals surface area contributed by atoms with Gasteiger partial charge in [0.1, 0.15) is 5.75 Å². The van der Waals surface area contributed by atoms with Gasteiger partial charge >= 0.3 is 0 Å². The molecular weight excluding hydrogens is 371 g/mol. The van der Waals surface area contributed by atoms with Crippen LogP contribution in [0, 0.1) is 6.92 Å². The topological polar surface area (TPSA) is 92.8 Å². The number of rotatable bonds is 5. The molecule has 8 heteroatoms. The van der Waals surface area contributed by atoms with E-state index in [4.69, 9.17) is 28.3 Å². The van der Waals surface area contributed by atoms with Crippen molar-refractivity contribution in [3.63, 3.8) is 0 Å². The van der Waals surface area contributed by atoms with Crippen molar-refractivity contribution >= 4 is 38.9 Å². The maximum atomic E-state index is 11.1. The number of phenols is 1. The second-order valence-electron chi connectivity index (χ2n) is 5.22. The smallest absolute Gasteiger partial charge is 0.210 e. The number of hydrogen-bond acceptors (Lipinski definition) is 4. The van der Waals surface area contributed by atoms with E-state index in [2.05, 4.69) is 4.99 Å². The summed E-state index contributed by atoms with van der Waals surface area (Å²) >= 11 is 12.0. The fourth-order valence-corrected chi connectivity index (χ4v) is 2.88. The summed E-state index contributed by atoms with van der Waals surface area (Å²) in [6.07, 6.45) is 0. The number of aliphatic imine (C=N–C) groups is 1. The summed E-state index contributed by atoms with van der Waals surface area (Å²) in [4.78, 5) is 4.32. The van der Waals surface area contributed by atoms with Crippen LogP contribution < -0.4 is 5.14 Å². The highest BCUT2D eigenvalue weighted by molar-refractivity contribution is 7.89. The zero-order chi connectivity index (χ0) is 17.9. The van der Waals surface area contributed by atoms with Crippen molar-refractivity contribution in [3.05, 3.63) is 63.1 Å². The summed E-state index contributed by atoms with van der Waals surface area (Å²) in [6.45, 7) is 1.68. The lowest BCUT2D eigenvalue weighted by molar-refractivity contribution is 0.470. The highest BCUT2D eigenvalue weighted by Gasteiger charge is 2.15. The van der Waals surface area contributed by atoms with Crippen LogP contribution in [-0.2, 0) is 10.0 Å². The molecule has 0 amide bonds. The second-order valence-corrected chi connectivity index (χ2v) is 7.83. The monoisotopic (exact) mass is 386 g/mol. The molecule has 0 bridgehead atoms. The molecule has 0 aliphatic heterocycles. The number of halogens is 2. The first-order chi connectivity index (χ1) is 11.2. The number of aromatic hydroxyl groups is 1. The van der Waals surface area contributed by atoms with Gasteiger partial charge in [-0.25, -0.2) is 13.6 Å². The maximum absolute atomic E-state index is 11.1. The maximum Gasteiger partial charge on any atom is 0.210 e. The largest absolute Gasteiger partial charge is 0.507 e. The quantitative estimate of drug-likeness (QED) is 0.772. The van der Waals surface area contributed by atoms with E-state index in [0.29, 0.717) is 32.4 Å². The number of primary sulfonamides is 1. The van der Waals surface area contributed by atoms with E-state index in [9.17, 15) is 13.5 Å². The van der Waals surface area contributed by atoms with Gasteiger partial charge in [-0.1, -0.05) is 35.3 Å². The Bertz CT molecular complexity index is 879. The number of phenolic OH excluding ortho intramolecular Hbond substituents is 1. The molecule has 2 aromatic rings. The van der Waals surface area contributed by atoms with Crippen molar-refractivity contribution in [2.24, 2.45) is 10.1 Å². The Labute approximate surface area is 150 Å². The lowest BCUT2D eigenvalue weighted by atomic mass is 9.99. The molecule has 24 heavy (non-hydrogen) atoms. The number of nitrogens with two attached hydrogens (primary N) is 1. The number of benzene rings is 2. The fourth-order valence-electron chi connectivity index (χ4n) is 2.14. The van der Waals surface area contributed by atoms with Crippen LogP contribution in [0.3, 0.4) is 0 Å². The Hall–Kier alpha value is -1.60. The van der Waals surface area contributed by atoms with Crippen LogP contribution >= 0.6 is 23.2 Å². The van der Waals surface area contributed by atoms with Gasteiger partial charge in [-0.2, -0.15) is 0 Å². The third kappa shape index (κ3) is 4.95. The summed E-state index contributed by atoms with van der Waals surface area (Å²) in [7, 11) is -3.63. The molecular formula is C16H16Cl2N2O3S. The normalized spacial score (nSPS) is 12.4. The highest BCUT2D eigenvalue weighted by Crippen LogP contribution is 2.29. The van der Waals surface area contributed by atoms with Crippen molar-refractivity contribution in [2.45, 2.75) is 6.92 Å². The number of hydrogen-bond donors (Lipinski definition) is 2. The first-order valence-electron chi connectivity index (χ1n) is 6.98. The third-order valence-electron chi connectivity index (χ3n) is 3.28. The van der Waals surface area contributed by atoms with Crippen LogP contribution in [-0.4, -0.2) is 31.5 Å². The molecule has 2 aromatic carbocycles. The SMILES string of the molecule is Cc1cc(Cl)cc(/C(=N/CCS(N)(=O)=O)c2ccc(Cl)cc2)c1O. The van der Waals surface area contributed by atoms with Crippen LogP contribution in [0.25, 0.3) is 0 Å². The van der Waals surface area contributed by atoms with Crippen LogP contribution in [0.1, 0.15) is 16.7 Å². The molecule has 0 atom stereocenters. The zero-order valence-corrected chi connectivity index (χ0v) is 15.2. The molecule has 128 valence electrons. The molecule has 0 aliphatic rings. The minimum atomic E-state index is -3.63. The van der Waals surface area contributed by atoms with E-state index in [1.807, 2.05) is 0 Å². The van der Waals surface area contributed by atoms with Crippen LogP contribution in [0.5, 0.6) is 5.75 Å². The molecule has 0 radical (unpaired) electrons. The Kier molecular flexibility index (Phi) is 5.87. The Balaban J connectivity index is 2.54. The first-order valence-corrected chi connectivity index (χ1v) is 9.45. The number of sulfonamides is 1. The summed E-state index contributed by atoms with van der Waals surface area (Å²) in [5, 5.41) is 16.4. The summed E-state index contributed by atoms with van der Waals surface area (Å²) in [5.74, 6) is -0.270. The molecule has 0 spiro atoms. The van der Waals surface area contributed by atoms with Gasteiger partial charge < -0.3 is 5.11 Å². The average molecular weight is 387 g/mol. The molecule has 0 fully saturated rings. The zero-order valence-electron chi connectivity index (χ0n) is 12.8. The highest BCUT2D eigenvalue weighted by atomic mass is 35.5. The Morgan fingerprint density at radius 1 is 1.17 bits per heavy atom. The van der Waals surface area contributed by atoms with Crippen molar-refractivity contribution in [1.82, 2.24) is 0 Å². The lowest BCUT2D eigenvalue weighted by Gasteiger charge is -2.12. The van der Waals surface area contributed by atoms with Crippen molar-refractivity contribution in [1.29, 1.82) is 0 Å². The van der Waals surface area contributed by atoms with E-state index in [0.717, 1.165) is 0 Å². The van der Waals surface area contributed by atoms with Gasteiger partial charge in [0.05, 0.1) is 18.0 Å². The fraction of sp³-hybridized carbons (Fsp3) is 0.188. The molecule has 0 saturated heterocycles. The predicted molar refractivity (Wildman–Crippen MR) is 97.8 cm³/mol. The van der Waals surface area contributed by atoms with Gasteiger partial charge in [0.2, 0.25) is 10.0 Å². The molecule has 0 aromatic heterocycles. The summed E-state index contributed by atoms with van der Waals surface area (Å²) in [6, 6.07) is 10.0. The van der Waals surface area contributed by atoms with Crippen LogP contribution in [0.15, 0.2) is 41.4 Å². The van der Waals surface area contributed by atoms with Crippen molar-refractivity contribution < 1.29 is 13.5 Å². The summed E-state index contributed by atoms with van der Waals surface area (Å²) in [5.41, 5.74) is 2.09. The Morgan fingerprint density at radius 2 is 1.79 bits per heavy atom. The van der Waals surface area contributed by atoms with Crippen LogP contribution in [0.4, 0.5) is 0 Å². The second kappa shape index (κ2) is 7.53. The van der Waals surface area contributed by atoms with E-state index >= 15 is 0 Å². The van der Waals surface area contributed by atoms with Gasteiger partial charge in [0, 0.05) is 21.2 Å². The summed E-state index contributed by atoms with van der Waals surface area (Å²) < 4.78 is 22.3. The lowest BCUT2D eigenvalue weighted by Crippen LogP contribution is -2.19. The molecule has 0 heterocycles. The van der Waals surface area contributed by atoms with E-state index < -0.39 is 10.0 Å². The van der Waals surface area contributed by atoms with E-state index in [1.165, 1.54) is 0 Å². The van der Waals surface area contributed by atoms with Gasteiger partial charge in [-0.3, -0.25) is 4.99 Å². The molecule has 2 rings (SSSR count). The molecule has 0 saturated carbocycles. The van der Waals surface area contributed by atoms with Gasteiger partial charge in [0.15, 0.2) is 0 Å². The minimum absolute atomic E-state index is 0.0312. The number of aryl methyl sites for hydroxylation is 1. The van der Waals surface area contributed by atoms with Gasteiger partial charge in [-0.15, -0.1) is 0 Å². The van der Waals surface area contributed by atoms with Gasteiger partial charge in [-0.05, 0) is 36.8 Å².